The summed E-state index contributed by atoms with van der Waals surface area (Å²) in [5.41, 5.74) is 5.45. The molecule has 2 amide bonds. The molecule has 3 nitrogen and oxygen atoms in total. The van der Waals surface area contributed by atoms with Gasteiger partial charge in [0.2, 0.25) is 0 Å². The average Bonchev–Trinajstić information content (AvgIpc) is 2.78. The molecule has 0 aliphatic heterocycles. The highest BCUT2D eigenvalue weighted by Gasteiger charge is 2.28. The SMILES string of the molecule is Cc1ccccc1N(C(=O)N(c1ccccc1)c1ccccc1C)c1ccccc1. The van der Waals surface area contributed by atoms with Crippen molar-refractivity contribution in [3.63, 3.8) is 0 Å². The van der Waals surface area contributed by atoms with Crippen LogP contribution in [0.1, 0.15) is 11.1 Å². The molecule has 0 saturated heterocycles. The summed E-state index contributed by atoms with van der Waals surface area (Å²) in [6, 6.07) is 35.4. The van der Waals surface area contributed by atoms with Crippen molar-refractivity contribution >= 4 is 28.8 Å². The molecule has 0 aliphatic rings. The highest BCUT2D eigenvalue weighted by atomic mass is 16.2. The van der Waals surface area contributed by atoms with Gasteiger partial charge in [0.15, 0.2) is 0 Å². The van der Waals surface area contributed by atoms with Crippen molar-refractivity contribution in [3.05, 3.63) is 120 Å². The molecule has 148 valence electrons. The minimum absolute atomic E-state index is 0.129. The normalized spacial score (nSPS) is 10.5. The number of carbonyl (C=O) groups is 1. The summed E-state index contributed by atoms with van der Waals surface area (Å²) in [5.74, 6) is 0. The van der Waals surface area contributed by atoms with Crippen LogP contribution >= 0.6 is 0 Å². The van der Waals surface area contributed by atoms with Gasteiger partial charge in [-0.15, -0.1) is 0 Å². The van der Waals surface area contributed by atoms with Crippen LogP contribution in [0.5, 0.6) is 0 Å². The smallest absolute Gasteiger partial charge is 0.262 e. The Hall–Kier alpha value is -3.85. The molecule has 0 radical (unpaired) electrons. The van der Waals surface area contributed by atoms with Gasteiger partial charge >= 0.3 is 6.03 Å². The van der Waals surface area contributed by atoms with Gasteiger partial charge < -0.3 is 0 Å². The number of aryl methyl sites for hydroxylation is 2. The Labute approximate surface area is 177 Å². The predicted octanol–water partition coefficient (Wildman–Crippen LogP) is 7.40. The van der Waals surface area contributed by atoms with Crippen molar-refractivity contribution < 1.29 is 4.79 Å². The lowest BCUT2D eigenvalue weighted by molar-refractivity contribution is 0.255. The second-order valence-corrected chi connectivity index (χ2v) is 7.20. The number of carbonyl (C=O) groups excluding carboxylic acids is 1. The predicted molar refractivity (Wildman–Crippen MR) is 125 cm³/mol. The molecular weight excluding hydrogens is 368 g/mol. The first kappa shape index (κ1) is 19.5. The van der Waals surface area contributed by atoms with Crippen molar-refractivity contribution in [1.82, 2.24) is 0 Å². The number of rotatable bonds is 4. The zero-order valence-electron chi connectivity index (χ0n) is 17.2. The number of hydrogen-bond donors (Lipinski definition) is 0. The number of urea groups is 1. The molecule has 0 heterocycles. The van der Waals surface area contributed by atoms with Crippen LogP contribution < -0.4 is 9.80 Å². The maximum absolute atomic E-state index is 14.2. The van der Waals surface area contributed by atoms with E-state index in [2.05, 4.69) is 0 Å². The van der Waals surface area contributed by atoms with Crippen LogP contribution in [0.25, 0.3) is 0 Å². The third-order valence-electron chi connectivity index (χ3n) is 5.12. The molecule has 0 saturated carbocycles. The highest BCUT2D eigenvalue weighted by molar-refractivity contribution is 6.13. The lowest BCUT2D eigenvalue weighted by Gasteiger charge is -2.32. The zero-order chi connectivity index (χ0) is 20.9. The van der Waals surface area contributed by atoms with Crippen molar-refractivity contribution in [2.24, 2.45) is 0 Å². The molecule has 4 rings (SSSR count). The molecule has 0 N–H and O–H groups in total. The average molecular weight is 393 g/mol. The van der Waals surface area contributed by atoms with Crippen molar-refractivity contribution in [1.29, 1.82) is 0 Å². The minimum atomic E-state index is -0.129. The minimum Gasteiger partial charge on any atom is -0.262 e. The van der Waals surface area contributed by atoms with Crippen LogP contribution in [0.15, 0.2) is 109 Å². The van der Waals surface area contributed by atoms with E-state index in [-0.39, 0.29) is 6.03 Å². The molecule has 0 atom stereocenters. The molecule has 0 fully saturated rings. The number of benzene rings is 4. The number of nitrogens with zero attached hydrogens (tertiary/aromatic N) is 2. The van der Waals surface area contributed by atoms with Gasteiger partial charge in [-0.1, -0.05) is 72.8 Å². The second-order valence-electron chi connectivity index (χ2n) is 7.20. The monoisotopic (exact) mass is 392 g/mol. The van der Waals surface area contributed by atoms with Gasteiger partial charge in [0.1, 0.15) is 0 Å². The van der Waals surface area contributed by atoms with Crippen molar-refractivity contribution in [2.75, 3.05) is 9.80 Å². The Morgan fingerprint density at radius 2 is 0.833 bits per heavy atom. The second kappa shape index (κ2) is 8.66. The summed E-state index contributed by atoms with van der Waals surface area (Å²) in [6.45, 7) is 4.05. The largest absolute Gasteiger partial charge is 0.338 e. The van der Waals surface area contributed by atoms with E-state index in [0.717, 1.165) is 33.9 Å². The number of hydrogen-bond acceptors (Lipinski definition) is 1. The van der Waals surface area contributed by atoms with Crippen LogP contribution in [0.4, 0.5) is 27.5 Å². The van der Waals surface area contributed by atoms with Gasteiger partial charge in [-0.2, -0.15) is 0 Å². The van der Waals surface area contributed by atoms with Crippen LogP contribution in [0.3, 0.4) is 0 Å². The van der Waals surface area contributed by atoms with E-state index >= 15 is 0 Å². The number of anilines is 4. The third kappa shape index (κ3) is 3.83. The van der Waals surface area contributed by atoms with Crippen LogP contribution in [-0.2, 0) is 0 Å². The van der Waals surface area contributed by atoms with Gasteiger partial charge in [-0.3, -0.25) is 9.80 Å². The summed E-state index contributed by atoms with van der Waals surface area (Å²) in [4.78, 5) is 17.8. The van der Waals surface area contributed by atoms with Crippen LogP contribution in [0, 0.1) is 13.8 Å². The molecule has 0 unspecified atom stereocenters. The van der Waals surface area contributed by atoms with E-state index in [1.165, 1.54) is 0 Å². The zero-order valence-corrected chi connectivity index (χ0v) is 17.2. The quantitative estimate of drug-likeness (QED) is 0.355. The summed E-state index contributed by atoms with van der Waals surface area (Å²) < 4.78 is 0. The van der Waals surface area contributed by atoms with Crippen LogP contribution in [0.2, 0.25) is 0 Å². The van der Waals surface area contributed by atoms with Crippen molar-refractivity contribution in [2.45, 2.75) is 13.8 Å². The topological polar surface area (TPSA) is 23.6 Å². The van der Waals surface area contributed by atoms with E-state index in [0.29, 0.717) is 0 Å². The Morgan fingerprint density at radius 3 is 1.20 bits per heavy atom. The fourth-order valence-electron chi connectivity index (χ4n) is 3.59. The molecular formula is C27H24N2O. The number of amides is 2. The highest BCUT2D eigenvalue weighted by Crippen LogP contribution is 2.35. The summed E-state index contributed by atoms with van der Waals surface area (Å²) in [7, 11) is 0. The molecule has 30 heavy (non-hydrogen) atoms. The first-order valence-corrected chi connectivity index (χ1v) is 10.0. The summed E-state index contributed by atoms with van der Waals surface area (Å²) >= 11 is 0. The lowest BCUT2D eigenvalue weighted by Crippen LogP contribution is -2.38. The molecule has 4 aromatic carbocycles. The maximum Gasteiger partial charge on any atom is 0.338 e. The Kier molecular flexibility index (Phi) is 5.62. The lowest BCUT2D eigenvalue weighted by atomic mass is 10.1. The molecule has 0 bridgehead atoms. The first-order chi connectivity index (χ1) is 14.7. The molecule has 4 aromatic rings. The Morgan fingerprint density at radius 1 is 0.500 bits per heavy atom. The summed E-state index contributed by atoms with van der Waals surface area (Å²) in [5, 5.41) is 0. The fraction of sp³-hybridized carbons (Fsp3) is 0.0741. The fourth-order valence-corrected chi connectivity index (χ4v) is 3.59. The standard InChI is InChI=1S/C27H24N2O/c1-21-13-9-11-19-25(21)28(23-15-5-3-6-16-23)27(30)29(24-17-7-4-8-18-24)26-20-12-10-14-22(26)2/h3-20H,1-2H3. The Balaban J connectivity index is 1.91. The van der Waals surface area contributed by atoms with Crippen molar-refractivity contribution in [3.8, 4) is 0 Å². The van der Waals surface area contributed by atoms with E-state index in [1.807, 2.05) is 123 Å². The van der Waals surface area contributed by atoms with E-state index in [4.69, 9.17) is 0 Å². The molecule has 3 heteroatoms. The maximum atomic E-state index is 14.2. The molecule has 0 spiro atoms. The van der Waals surface area contributed by atoms with Crippen LogP contribution in [-0.4, -0.2) is 6.03 Å². The van der Waals surface area contributed by atoms with E-state index < -0.39 is 0 Å². The van der Waals surface area contributed by atoms with Gasteiger partial charge in [-0.25, -0.2) is 4.79 Å². The molecule has 0 aliphatic carbocycles. The van der Waals surface area contributed by atoms with E-state index in [9.17, 15) is 4.79 Å². The van der Waals surface area contributed by atoms with Gasteiger partial charge in [0.25, 0.3) is 0 Å². The van der Waals surface area contributed by atoms with Gasteiger partial charge in [0, 0.05) is 0 Å². The van der Waals surface area contributed by atoms with Gasteiger partial charge in [0.05, 0.1) is 22.7 Å². The molecule has 0 aromatic heterocycles. The first-order valence-electron chi connectivity index (χ1n) is 10.0. The Bertz CT molecular complexity index is 1050. The third-order valence-corrected chi connectivity index (χ3v) is 5.12. The number of para-hydroxylation sites is 4. The summed E-state index contributed by atoms with van der Waals surface area (Å²) in [6.07, 6.45) is 0. The van der Waals surface area contributed by atoms with E-state index in [1.54, 1.807) is 9.80 Å². The van der Waals surface area contributed by atoms with Gasteiger partial charge in [-0.05, 0) is 61.4 Å².